The van der Waals surface area contributed by atoms with Crippen molar-refractivity contribution in [1.29, 1.82) is 0 Å². The molecule has 2 aliphatic heterocycles. The second-order valence-corrected chi connectivity index (χ2v) is 13.5. The summed E-state index contributed by atoms with van der Waals surface area (Å²) in [6.07, 6.45) is 1.62. The Morgan fingerprint density at radius 2 is 1.59 bits per heavy atom. The zero-order valence-corrected chi connectivity index (χ0v) is 26.9. The van der Waals surface area contributed by atoms with Crippen molar-refractivity contribution in [3.63, 3.8) is 0 Å². The molecule has 2 saturated heterocycles. The minimum absolute atomic E-state index is 0.0157. The molecule has 1 N–H and O–H groups in total. The molecule has 0 unspecified atom stereocenters. The number of nitrogens with one attached hydrogen (secondary N) is 1. The van der Waals surface area contributed by atoms with Gasteiger partial charge in [-0.15, -0.1) is 0 Å². The summed E-state index contributed by atoms with van der Waals surface area (Å²) in [5, 5.41) is 2.92. The highest BCUT2D eigenvalue weighted by atomic mass is 32.2. The Morgan fingerprint density at radius 3 is 2.23 bits per heavy atom. The molecule has 2 amide bonds. The van der Waals surface area contributed by atoms with Crippen molar-refractivity contribution in [2.75, 3.05) is 78.6 Å². The summed E-state index contributed by atoms with van der Waals surface area (Å²) in [7, 11) is -1.97. The molecule has 12 heteroatoms. The van der Waals surface area contributed by atoms with Gasteiger partial charge in [0.05, 0.1) is 18.6 Å². The number of nitrogens with zero attached hydrogens (tertiary/aromatic N) is 3. The van der Waals surface area contributed by atoms with Crippen molar-refractivity contribution < 1.29 is 32.2 Å². The summed E-state index contributed by atoms with van der Waals surface area (Å²) in [5.74, 6) is 0.895. The molecule has 0 bridgehead atoms. The minimum atomic E-state index is -3.53. The maximum atomic E-state index is 12.9. The van der Waals surface area contributed by atoms with Crippen LogP contribution in [-0.4, -0.2) is 114 Å². The standard InChI is InChI=1S/C32H46N4O7S/c1-25-19-29(41-3)20-26(2)31(25)44(39,40)24-33-11-18-42-23-30(37)35-12-9-27(10-13-35)21-34-14-16-36(17-15-34)32(38)43-22-28-7-5-4-6-8-28/h4-8,19-20,27,33H,9-18,21-24H2,1-3H3. The molecule has 0 spiro atoms. The maximum absolute atomic E-state index is 12.9. The predicted molar refractivity (Wildman–Crippen MR) is 167 cm³/mol. The molecule has 4 rings (SSSR count). The molecule has 44 heavy (non-hydrogen) atoms. The summed E-state index contributed by atoms with van der Waals surface area (Å²) in [4.78, 5) is 31.4. The average molecular weight is 631 g/mol. The van der Waals surface area contributed by atoms with Crippen LogP contribution in [0.4, 0.5) is 4.79 Å². The highest BCUT2D eigenvalue weighted by Crippen LogP contribution is 2.26. The van der Waals surface area contributed by atoms with Crippen LogP contribution in [0.25, 0.3) is 0 Å². The van der Waals surface area contributed by atoms with E-state index in [4.69, 9.17) is 14.2 Å². The van der Waals surface area contributed by atoms with Gasteiger partial charge in [0.1, 0.15) is 24.8 Å². The lowest BCUT2D eigenvalue weighted by atomic mass is 9.96. The maximum Gasteiger partial charge on any atom is 0.410 e. The van der Waals surface area contributed by atoms with Crippen molar-refractivity contribution in [2.45, 2.75) is 38.2 Å². The first-order valence-corrected chi connectivity index (χ1v) is 16.9. The monoisotopic (exact) mass is 630 g/mol. The largest absolute Gasteiger partial charge is 0.497 e. The summed E-state index contributed by atoms with van der Waals surface area (Å²) >= 11 is 0. The zero-order chi connectivity index (χ0) is 31.5. The van der Waals surface area contributed by atoms with Crippen LogP contribution in [0.3, 0.4) is 0 Å². The number of rotatable bonds is 13. The first kappa shape index (κ1) is 33.7. The van der Waals surface area contributed by atoms with Crippen LogP contribution in [0.2, 0.25) is 0 Å². The Kier molecular flexibility index (Phi) is 12.4. The fraction of sp³-hybridized carbons (Fsp3) is 0.562. The highest BCUT2D eigenvalue weighted by Gasteiger charge is 2.27. The van der Waals surface area contributed by atoms with Gasteiger partial charge in [-0.2, -0.15) is 0 Å². The van der Waals surface area contributed by atoms with Gasteiger partial charge in [-0.3, -0.25) is 9.69 Å². The molecule has 242 valence electrons. The first-order chi connectivity index (χ1) is 21.2. The van der Waals surface area contributed by atoms with E-state index >= 15 is 0 Å². The minimum Gasteiger partial charge on any atom is -0.497 e. The molecule has 0 radical (unpaired) electrons. The number of aryl methyl sites for hydroxylation is 2. The van der Waals surface area contributed by atoms with E-state index in [0.717, 1.165) is 38.0 Å². The third-order valence-electron chi connectivity index (χ3n) is 8.24. The lowest BCUT2D eigenvalue weighted by Gasteiger charge is -2.38. The molecular weight excluding hydrogens is 584 g/mol. The van der Waals surface area contributed by atoms with Gasteiger partial charge >= 0.3 is 6.09 Å². The van der Waals surface area contributed by atoms with Crippen LogP contribution in [0.5, 0.6) is 5.75 Å². The fourth-order valence-corrected chi connectivity index (χ4v) is 7.50. The Bertz CT molecular complexity index is 1320. The summed E-state index contributed by atoms with van der Waals surface area (Å²) < 4.78 is 41.9. The summed E-state index contributed by atoms with van der Waals surface area (Å²) in [6.45, 7) is 9.68. The third-order valence-corrected chi connectivity index (χ3v) is 10.1. The van der Waals surface area contributed by atoms with Crippen molar-refractivity contribution >= 4 is 21.8 Å². The van der Waals surface area contributed by atoms with E-state index in [1.54, 1.807) is 38.0 Å². The van der Waals surface area contributed by atoms with Gasteiger partial charge in [0.2, 0.25) is 5.91 Å². The van der Waals surface area contributed by atoms with Crippen molar-refractivity contribution in [2.24, 2.45) is 5.92 Å². The number of likely N-dealkylation sites (tertiary alicyclic amines) is 1. The number of piperidine rings is 1. The van der Waals surface area contributed by atoms with Crippen molar-refractivity contribution in [3.8, 4) is 5.75 Å². The molecule has 2 fully saturated rings. The molecule has 0 aromatic heterocycles. The molecule has 0 aliphatic carbocycles. The Balaban J connectivity index is 1.06. The van der Waals surface area contributed by atoms with Crippen LogP contribution < -0.4 is 10.1 Å². The number of benzene rings is 2. The van der Waals surface area contributed by atoms with Gasteiger partial charge in [-0.25, -0.2) is 13.2 Å². The van der Waals surface area contributed by atoms with Crippen molar-refractivity contribution in [3.05, 3.63) is 59.2 Å². The quantitative estimate of drug-likeness (QED) is 0.334. The molecule has 0 atom stereocenters. The number of sulfone groups is 1. The van der Waals surface area contributed by atoms with Gasteiger partial charge in [0, 0.05) is 52.4 Å². The average Bonchev–Trinajstić information content (AvgIpc) is 3.02. The smallest absolute Gasteiger partial charge is 0.410 e. The molecule has 2 heterocycles. The number of carbonyl (C=O) groups excluding carboxylic acids is 2. The molecular formula is C32H46N4O7S. The SMILES string of the molecule is COc1cc(C)c(S(=O)(=O)CNCCOCC(=O)N2CCC(CN3CCN(C(=O)OCc4ccccc4)CC3)CC2)c(C)c1. The number of amides is 2. The van der Waals surface area contributed by atoms with E-state index in [1.165, 1.54) is 0 Å². The zero-order valence-electron chi connectivity index (χ0n) is 26.1. The van der Waals surface area contributed by atoms with Gasteiger partial charge in [-0.05, 0) is 61.4 Å². The van der Waals surface area contributed by atoms with Crippen LogP contribution in [0.15, 0.2) is 47.4 Å². The molecule has 2 aromatic rings. The Morgan fingerprint density at radius 1 is 0.932 bits per heavy atom. The van der Waals surface area contributed by atoms with Gasteiger partial charge in [0.25, 0.3) is 0 Å². The van der Waals surface area contributed by atoms with Crippen LogP contribution in [0.1, 0.15) is 29.5 Å². The van der Waals surface area contributed by atoms with E-state index in [0.29, 0.717) is 60.4 Å². The highest BCUT2D eigenvalue weighted by molar-refractivity contribution is 7.91. The van der Waals surface area contributed by atoms with Crippen LogP contribution in [0, 0.1) is 19.8 Å². The van der Waals surface area contributed by atoms with Crippen LogP contribution in [-0.2, 0) is 30.7 Å². The van der Waals surface area contributed by atoms with Gasteiger partial charge in [-0.1, -0.05) is 30.3 Å². The van der Waals surface area contributed by atoms with Gasteiger partial charge < -0.3 is 29.3 Å². The fourth-order valence-electron chi connectivity index (χ4n) is 5.85. The molecule has 2 aliphatic rings. The van der Waals surface area contributed by atoms with E-state index in [-0.39, 0.29) is 37.7 Å². The number of ether oxygens (including phenoxy) is 3. The van der Waals surface area contributed by atoms with Crippen LogP contribution >= 0.6 is 0 Å². The molecule has 2 aromatic carbocycles. The lowest BCUT2D eigenvalue weighted by Crippen LogP contribution is -2.51. The number of hydrogen-bond acceptors (Lipinski definition) is 9. The number of methoxy groups -OCH3 is 1. The molecule has 0 saturated carbocycles. The second kappa shape index (κ2) is 16.2. The van der Waals surface area contributed by atoms with E-state index in [9.17, 15) is 18.0 Å². The van der Waals surface area contributed by atoms with E-state index in [2.05, 4.69) is 10.2 Å². The molecule has 11 nitrogen and oxygen atoms in total. The van der Waals surface area contributed by atoms with E-state index < -0.39 is 9.84 Å². The topological polar surface area (TPSA) is 118 Å². The first-order valence-electron chi connectivity index (χ1n) is 15.3. The summed E-state index contributed by atoms with van der Waals surface area (Å²) in [5.41, 5.74) is 2.27. The normalized spacial score (nSPS) is 16.6. The lowest BCUT2D eigenvalue weighted by molar-refractivity contribution is -0.137. The summed E-state index contributed by atoms with van der Waals surface area (Å²) in [6, 6.07) is 13.1. The Labute approximate surface area is 261 Å². The van der Waals surface area contributed by atoms with Gasteiger partial charge in [0.15, 0.2) is 9.84 Å². The number of piperazine rings is 1. The van der Waals surface area contributed by atoms with Crippen molar-refractivity contribution in [1.82, 2.24) is 20.0 Å². The second-order valence-electron chi connectivity index (χ2n) is 11.6. The third kappa shape index (κ3) is 9.65. The number of carbonyl (C=O) groups is 2. The Hall–Kier alpha value is -3.19. The van der Waals surface area contributed by atoms with E-state index in [1.807, 2.05) is 35.2 Å². The number of hydrogen-bond donors (Lipinski definition) is 1. The predicted octanol–water partition coefficient (Wildman–Crippen LogP) is 2.84.